The zero-order valence-electron chi connectivity index (χ0n) is 24.9. The van der Waals surface area contributed by atoms with Gasteiger partial charge in [-0.15, -0.1) is 10.2 Å². The zero-order valence-corrected chi connectivity index (χ0v) is 29.0. The summed E-state index contributed by atoms with van der Waals surface area (Å²) in [6, 6.07) is 63.9. The Labute approximate surface area is 291 Å². The maximum Gasteiger partial charge on any atom is 1.00 e. The Bertz CT molecular complexity index is 1370. The van der Waals surface area contributed by atoms with Gasteiger partial charge in [-0.05, 0) is 87.3 Å². The number of rotatable bonds is 6. The van der Waals surface area contributed by atoms with E-state index in [1.165, 1.54) is 31.8 Å². The molecule has 6 aromatic carbocycles. The van der Waals surface area contributed by atoms with E-state index in [1.54, 1.807) is 0 Å². The van der Waals surface area contributed by atoms with Crippen LogP contribution in [-0.2, 0) is 22.4 Å². The van der Waals surface area contributed by atoms with Crippen LogP contribution in [0.4, 0.5) is 0 Å². The van der Waals surface area contributed by atoms with E-state index in [-0.39, 0.29) is 22.4 Å². The molecular weight excluding hydrogens is 726 g/mol. The predicted molar refractivity (Wildman–Crippen MR) is 181 cm³/mol. The molecule has 238 valence electrons. The molecule has 6 rings (SSSR count). The molecule has 0 spiro atoms. The number of benzene rings is 6. The maximum absolute atomic E-state index is 8.49. The summed E-state index contributed by atoms with van der Waals surface area (Å²) in [4.78, 5) is 0. The van der Waals surface area contributed by atoms with Gasteiger partial charge < -0.3 is 0 Å². The normalized spacial score (nSPS) is 11.1. The molecule has 0 saturated heterocycles. The van der Waals surface area contributed by atoms with Crippen molar-refractivity contribution in [2.45, 2.75) is 0 Å². The summed E-state index contributed by atoms with van der Waals surface area (Å²) in [5.41, 5.74) is 0. The fraction of sp³-hybridized carbons (Fsp3) is 0. The van der Waals surface area contributed by atoms with Crippen LogP contribution >= 0.6 is 14.5 Å². The van der Waals surface area contributed by atoms with Gasteiger partial charge in [-0.2, -0.15) is 13.3 Å². The van der Waals surface area contributed by atoms with Crippen LogP contribution in [0.15, 0.2) is 182 Å². The van der Waals surface area contributed by atoms with E-state index in [4.69, 9.17) is 32.0 Å². The van der Waals surface area contributed by atoms with Crippen molar-refractivity contribution in [3.8, 4) is 0 Å². The standard InChI is InChI=1S/2C19H17P.Ag.ClHO4/c2*1-20(17-11-5-2-6-12-17,18-13-7-3-8-14-18)19-15-9-4-10-16-19;;2-1(3,4)5/h2*2-16H,1H2;;(H,2,3,4,5)/q;;+1;/p-1. The Morgan fingerprint density at radius 2 is 0.413 bits per heavy atom. The fourth-order valence-corrected chi connectivity index (χ4v) is 10.9. The minimum absolute atomic E-state index is 0. The third-order valence-electron chi connectivity index (χ3n) is 7.18. The molecule has 0 N–H and O–H groups in total. The van der Waals surface area contributed by atoms with E-state index in [1.807, 2.05) is 0 Å². The van der Waals surface area contributed by atoms with Gasteiger partial charge in [0.25, 0.3) is 0 Å². The summed E-state index contributed by atoms with van der Waals surface area (Å²) in [7, 11) is -8.50. The molecule has 8 heteroatoms. The van der Waals surface area contributed by atoms with Crippen LogP contribution in [0.1, 0.15) is 0 Å². The first-order chi connectivity index (χ1) is 21.6. The molecule has 0 aliphatic heterocycles. The average Bonchev–Trinajstić information content (AvgIpc) is 3.09. The van der Waals surface area contributed by atoms with Gasteiger partial charge in [0.15, 0.2) is 0 Å². The van der Waals surface area contributed by atoms with Crippen molar-refractivity contribution < 1.29 is 51.3 Å². The molecule has 0 unspecified atom stereocenters. The second-order valence-corrected chi connectivity index (χ2v) is 17.1. The molecule has 6 aromatic rings. The van der Waals surface area contributed by atoms with Gasteiger partial charge >= 0.3 is 22.4 Å². The Morgan fingerprint density at radius 3 is 0.522 bits per heavy atom. The minimum Gasteiger partial charge on any atom is -0.222 e. The van der Waals surface area contributed by atoms with E-state index < -0.39 is 24.8 Å². The van der Waals surface area contributed by atoms with Crippen molar-refractivity contribution in [2.75, 3.05) is 0 Å². The topological polar surface area (TPSA) is 92.2 Å². The van der Waals surface area contributed by atoms with Crippen molar-refractivity contribution in [1.82, 2.24) is 0 Å². The molecule has 0 aliphatic carbocycles. The molecule has 0 amide bonds. The largest absolute Gasteiger partial charge is 1.00 e. The van der Waals surface area contributed by atoms with Crippen molar-refractivity contribution >= 4 is 46.4 Å². The summed E-state index contributed by atoms with van der Waals surface area (Å²) in [5.74, 6) is 0. The SMILES string of the molecule is [Ag+].[CH2-][P+](c1ccccc1)(c1ccccc1)c1ccccc1.[CH2-][P+](c1ccccc1)(c1ccccc1)c1ccccc1.[O-][Cl+3]([O-])([O-])[O-]. The molecule has 0 radical (unpaired) electrons. The van der Waals surface area contributed by atoms with Crippen molar-refractivity contribution in [2.24, 2.45) is 0 Å². The quantitative estimate of drug-likeness (QED) is 0.149. The van der Waals surface area contributed by atoms with Crippen LogP contribution in [0.5, 0.6) is 0 Å². The van der Waals surface area contributed by atoms with Crippen molar-refractivity contribution in [1.29, 1.82) is 0 Å². The summed E-state index contributed by atoms with van der Waals surface area (Å²) in [6.45, 7) is 9.38. The molecule has 0 atom stereocenters. The van der Waals surface area contributed by atoms with Crippen LogP contribution in [0.25, 0.3) is 0 Å². The van der Waals surface area contributed by atoms with Crippen molar-refractivity contribution in [3.05, 3.63) is 195 Å². The fourth-order valence-electron chi connectivity index (χ4n) is 4.99. The first kappa shape index (κ1) is 37.5. The maximum atomic E-state index is 8.49. The minimum atomic E-state index is -4.94. The molecule has 46 heavy (non-hydrogen) atoms. The Hall–Kier alpha value is -2.95. The van der Waals surface area contributed by atoms with Crippen LogP contribution in [-0.4, -0.2) is 0 Å². The molecule has 4 nitrogen and oxygen atoms in total. The van der Waals surface area contributed by atoms with E-state index >= 15 is 0 Å². The van der Waals surface area contributed by atoms with Gasteiger partial charge in [0.2, 0.25) is 0 Å². The van der Waals surface area contributed by atoms with Gasteiger partial charge in [-0.1, -0.05) is 109 Å². The summed E-state index contributed by atoms with van der Waals surface area (Å²) in [5, 5.41) is 7.90. The Morgan fingerprint density at radius 1 is 0.304 bits per heavy atom. The van der Waals surface area contributed by atoms with Gasteiger partial charge in [0.05, 0.1) is 31.8 Å². The Kier molecular flexibility index (Phi) is 14.5. The smallest absolute Gasteiger partial charge is 0.222 e. The molecular formula is C38H34AgClO4P2. The van der Waals surface area contributed by atoms with E-state index in [0.29, 0.717) is 0 Å². The van der Waals surface area contributed by atoms with Crippen LogP contribution in [0, 0.1) is 23.6 Å². The van der Waals surface area contributed by atoms with Gasteiger partial charge in [0.1, 0.15) is 0 Å². The first-order valence-corrected chi connectivity index (χ1v) is 19.2. The van der Waals surface area contributed by atoms with Crippen LogP contribution in [0.2, 0.25) is 0 Å². The Balaban J connectivity index is 0.000000215. The van der Waals surface area contributed by atoms with Crippen LogP contribution in [0.3, 0.4) is 0 Å². The van der Waals surface area contributed by atoms with E-state index in [9.17, 15) is 0 Å². The monoisotopic (exact) mass is 758 g/mol. The third-order valence-corrected chi connectivity index (χ3v) is 14.3. The van der Waals surface area contributed by atoms with Gasteiger partial charge in [-0.25, -0.2) is 18.6 Å². The van der Waals surface area contributed by atoms with Crippen LogP contribution < -0.4 is 50.5 Å². The molecule has 0 bridgehead atoms. The first-order valence-electron chi connectivity index (χ1n) is 14.1. The predicted octanol–water partition coefficient (Wildman–Crippen LogP) is 2.79. The van der Waals surface area contributed by atoms with E-state index in [2.05, 4.69) is 182 Å². The molecule has 0 fully saturated rings. The number of hydrogen-bond donors (Lipinski definition) is 0. The molecule has 0 saturated carbocycles. The summed E-state index contributed by atoms with van der Waals surface area (Å²) in [6.07, 6.45) is 0. The molecule has 0 aliphatic rings. The second kappa shape index (κ2) is 17.8. The zero-order chi connectivity index (χ0) is 32.2. The van der Waals surface area contributed by atoms with Gasteiger partial charge in [-0.3, -0.25) is 0 Å². The molecule has 0 aromatic heterocycles. The third kappa shape index (κ3) is 10.0. The number of halogens is 1. The second-order valence-electron chi connectivity index (χ2n) is 10.0. The summed E-state index contributed by atoms with van der Waals surface area (Å²) < 4.78 is 34.0. The van der Waals surface area contributed by atoms with Gasteiger partial charge in [0, 0.05) is 0 Å². The summed E-state index contributed by atoms with van der Waals surface area (Å²) >= 11 is 0. The number of hydrogen-bond acceptors (Lipinski definition) is 4. The van der Waals surface area contributed by atoms with Crippen molar-refractivity contribution in [3.63, 3.8) is 0 Å². The van der Waals surface area contributed by atoms with E-state index in [0.717, 1.165) is 0 Å². The average molecular weight is 760 g/mol. The molecule has 0 heterocycles.